The average Bonchev–Trinajstić information content (AvgIpc) is 2.34. The minimum absolute atomic E-state index is 0.173. The number of benzene rings is 1. The molecule has 3 nitrogen and oxygen atoms in total. The van der Waals surface area contributed by atoms with Gasteiger partial charge in [0.25, 0.3) is 0 Å². The molecule has 0 saturated heterocycles. The fourth-order valence-electron chi connectivity index (χ4n) is 1.93. The normalized spacial score (nSPS) is 14.3. The highest BCUT2D eigenvalue weighted by molar-refractivity contribution is 14.1. The zero-order valence-electron chi connectivity index (χ0n) is 12.2. The Balaban J connectivity index is 2.30. The molecule has 2 unspecified atom stereocenters. The first-order valence-electron chi connectivity index (χ1n) is 6.87. The van der Waals surface area contributed by atoms with Crippen LogP contribution in [0.4, 0.5) is 5.69 Å². The molecule has 0 radical (unpaired) electrons. The predicted molar refractivity (Wildman–Crippen MR) is 93.5 cm³/mol. The average molecular weight is 412 g/mol. The zero-order chi connectivity index (χ0) is 15.1. The zero-order valence-corrected chi connectivity index (χ0v) is 15.1. The Kier molecular flexibility index (Phi) is 8.17. The molecule has 0 saturated carbocycles. The van der Waals surface area contributed by atoms with E-state index < -0.39 is 6.10 Å². The van der Waals surface area contributed by atoms with Gasteiger partial charge in [-0.2, -0.15) is 0 Å². The minimum Gasteiger partial charge on any atom is -0.389 e. The van der Waals surface area contributed by atoms with E-state index in [0.29, 0.717) is 24.1 Å². The topological polar surface area (TPSA) is 41.5 Å². The van der Waals surface area contributed by atoms with E-state index in [1.807, 2.05) is 25.1 Å². The maximum Gasteiger partial charge on any atom is 0.0945 e. The van der Waals surface area contributed by atoms with Gasteiger partial charge in [0, 0.05) is 10.1 Å². The maximum atomic E-state index is 9.91. The Labute approximate surface area is 140 Å². The van der Waals surface area contributed by atoms with Gasteiger partial charge in [-0.15, -0.1) is 0 Å². The molecule has 0 aliphatic carbocycles. The number of halogens is 2. The van der Waals surface area contributed by atoms with Crippen LogP contribution >= 0.6 is 34.2 Å². The lowest BCUT2D eigenvalue weighted by Gasteiger charge is -2.19. The lowest BCUT2D eigenvalue weighted by atomic mass is 10.1. The predicted octanol–water partition coefficient (Wildman–Crippen LogP) is 4.17. The molecule has 0 aliphatic rings. The van der Waals surface area contributed by atoms with Crippen LogP contribution in [0, 0.1) is 9.49 Å². The Morgan fingerprint density at radius 2 is 2.05 bits per heavy atom. The monoisotopic (exact) mass is 411 g/mol. The van der Waals surface area contributed by atoms with Crippen LogP contribution in [0.1, 0.15) is 27.2 Å². The molecule has 114 valence electrons. The summed E-state index contributed by atoms with van der Waals surface area (Å²) < 4.78 is 6.72. The second-order valence-corrected chi connectivity index (χ2v) is 7.09. The van der Waals surface area contributed by atoms with Gasteiger partial charge in [-0.1, -0.05) is 25.4 Å². The summed E-state index contributed by atoms with van der Waals surface area (Å²) in [4.78, 5) is 0. The van der Waals surface area contributed by atoms with E-state index in [-0.39, 0.29) is 6.10 Å². The fraction of sp³-hybridized carbons (Fsp3) is 0.600. The SMILES string of the molecule is CC(C)CC(C)OCC(O)CNc1ccc(I)cc1Cl. The number of ether oxygens (including phenoxy) is 1. The molecule has 1 rings (SSSR count). The highest BCUT2D eigenvalue weighted by Gasteiger charge is 2.10. The third-order valence-electron chi connectivity index (χ3n) is 2.84. The van der Waals surface area contributed by atoms with E-state index in [9.17, 15) is 5.11 Å². The fourth-order valence-corrected chi connectivity index (χ4v) is 2.85. The summed E-state index contributed by atoms with van der Waals surface area (Å²) in [5.41, 5.74) is 0.835. The molecule has 2 atom stereocenters. The number of hydrogen-bond acceptors (Lipinski definition) is 3. The summed E-state index contributed by atoms with van der Waals surface area (Å²) in [6.07, 6.45) is 0.634. The van der Waals surface area contributed by atoms with E-state index in [1.54, 1.807) is 0 Å². The van der Waals surface area contributed by atoms with Gasteiger partial charge in [0.05, 0.1) is 29.5 Å². The summed E-state index contributed by atoms with van der Waals surface area (Å²) in [7, 11) is 0. The number of hydrogen-bond donors (Lipinski definition) is 2. The molecule has 1 aromatic rings. The van der Waals surface area contributed by atoms with Crippen molar-refractivity contribution < 1.29 is 9.84 Å². The van der Waals surface area contributed by atoms with Crippen molar-refractivity contribution in [3.05, 3.63) is 26.8 Å². The van der Waals surface area contributed by atoms with E-state index in [2.05, 4.69) is 41.8 Å². The molecule has 1 aromatic carbocycles. The third-order valence-corrected chi connectivity index (χ3v) is 3.82. The van der Waals surface area contributed by atoms with Crippen molar-refractivity contribution in [1.82, 2.24) is 0 Å². The van der Waals surface area contributed by atoms with Gasteiger partial charge in [0.1, 0.15) is 0 Å². The number of aliphatic hydroxyl groups is 1. The van der Waals surface area contributed by atoms with Gasteiger partial charge in [0.15, 0.2) is 0 Å². The smallest absolute Gasteiger partial charge is 0.0945 e. The van der Waals surface area contributed by atoms with E-state index in [0.717, 1.165) is 15.7 Å². The van der Waals surface area contributed by atoms with Crippen LogP contribution < -0.4 is 5.32 Å². The van der Waals surface area contributed by atoms with Crippen molar-refractivity contribution in [3.63, 3.8) is 0 Å². The Morgan fingerprint density at radius 1 is 1.35 bits per heavy atom. The summed E-state index contributed by atoms with van der Waals surface area (Å²) in [5, 5.41) is 13.7. The van der Waals surface area contributed by atoms with Crippen LogP contribution in [-0.2, 0) is 4.74 Å². The van der Waals surface area contributed by atoms with E-state index in [4.69, 9.17) is 16.3 Å². The van der Waals surface area contributed by atoms with Crippen LogP contribution in [0.2, 0.25) is 5.02 Å². The molecule has 0 heterocycles. The van der Waals surface area contributed by atoms with Gasteiger partial charge >= 0.3 is 0 Å². The van der Waals surface area contributed by atoms with Crippen molar-refractivity contribution >= 4 is 39.9 Å². The van der Waals surface area contributed by atoms with Gasteiger partial charge in [-0.3, -0.25) is 0 Å². The van der Waals surface area contributed by atoms with Crippen molar-refractivity contribution in [2.75, 3.05) is 18.5 Å². The molecule has 0 aromatic heterocycles. The first-order chi connectivity index (χ1) is 9.38. The largest absolute Gasteiger partial charge is 0.389 e. The van der Waals surface area contributed by atoms with Crippen molar-refractivity contribution in [1.29, 1.82) is 0 Å². The molecule has 0 aliphatic heterocycles. The van der Waals surface area contributed by atoms with Crippen molar-refractivity contribution in [2.45, 2.75) is 39.4 Å². The highest BCUT2D eigenvalue weighted by Crippen LogP contribution is 2.23. The Bertz CT molecular complexity index is 415. The lowest BCUT2D eigenvalue weighted by Crippen LogP contribution is -2.27. The molecule has 0 spiro atoms. The number of anilines is 1. The molecule has 0 amide bonds. The number of nitrogens with one attached hydrogen (secondary N) is 1. The summed E-state index contributed by atoms with van der Waals surface area (Å²) in [5.74, 6) is 0.603. The Morgan fingerprint density at radius 3 is 2.65 bits per heavy atom. The maximum absolute atomic E-state index is 9.91. The standard InChI is InChI=1S/C15H23ClINO2/c1-10(2)6-11(3)20-9-13(19)8-18-15-5-4-12(17)7-14(15)16/h4-5,7,10-11,13,18-19H,6,8-9H2,1-3H3. The van der Waals surface area contributed by atoms with Gasteiger partial charge in [-0.25, -0.2) is 0 Å². The third kappa shape index (κ3) is 7.11. The molecule has 20 heavy (non-hydrogen) atoms. The Hall–Kier alpha value is -0.0400. The number of aliphatic hydroxyl groups excluding tert-OH is 1. The highest BCUT2D eigenvalue weighted by atomic mass is 127. The molecule has 5 heteroatoms. The van der Waals surface area contributed by atoms with E-state index >= 15 is 0 Å². The first-order valence-corrected chi connectivity index (χ1v) is 8.32. The lowest BCUT2D eigenvalue weighted by molar-refractivity contribution is -0.00443. The van der Waals surface area contributed by atoms with Crippen molar-refractivity contribution in [2.24, 2.45) is 5.92 Å². The summed E-state index contributed by atoms with van der Waals surface area (Å²) >= 11 is 8.33. The van der Waals surface area contributed by atoms with Crippen molar-refractivity contribution in [3.8, 4) is 0 Å². The molecular formula is C15H23ClINO2. The van der Waals surface area contributed by atoms with Gasteiger partial charge in [0.2, 0.25) is 0 Å². The van der Waals surface area contributed by atoms with E-state index in [1.165, 1.54) is 0 Å². The molecular weight excluding hydrogens is 389 g/mol. The van der Waals surface area contributed by atoms with Crippen LogP contribution in [0.15, 0.2) is 18.2 Å². The second kappa shape index (κ2) is 9.07. The van der Waals surface area contributed by atoms with Gasteiger partial charge < -0.3 is 15.2 Å². The van der Waals surface area contributed by atoms with Gasteiger partial charge in [-0.05, 0) is 60.1 Å². The first kappa shape index (κ1) is 18.0. The van der Waals surface area contributed by atoms with Crippen LogP contribution in [0.5, 0.6) is 0 Å². The van der Waals surface area contributed by atoms with Crippen LogP contribution in [-0.4, -0.2) is 30.5 Å². The number of rotatable bonds is 8. The summed E-state index contributed by atoms with van der Waals surface area (Å²) in [6, 6.07) is 5.78. The summed E-state index contributed by atoms with van der Waals surface area (Å²) in [6.45, 7) is 7.13. The quantitative estimate of drug-likeness (QED) is 0.631. The van der Waals surface area contributed by atoms with Crippen LogP contribution in [0.25, 0.3) is 0 Å². The molecule has 0 bridgehead atoms. The minimum atomic E-state index is -0.542. The molecule has 2 N–H and O–H groups in total. The van der Waals surface area contributed by atoms with Crippen LogP contribution in [0.3, 0.4) is 0 Å². The second-order valence-electron chi connectivity index (χ2n) is 5.43. The molecule has 0 fully saturated rings.